The molecule has 3 N–H and O–H groups in total. The van der Waals surface area contributed by atoms with E-state index in [-0.39, 0.29) is 23.6 Å². The summed E-state index contributed by atoms with van der Waals surface area (Å²) in [7, 11) is 1.65. The number of nitro groups is 1. The van der Waals surface area contributed by atoms with E-state index >= 15 is 0 Å². The second kappa shape index (κ2) is 7.20. The Morgan fingerprint density at radius 3 is 2.58 bits per heavy atom. The summed E-state index contributed by atoms with van der Waals surface area (Å²) in [6, 6.07) is 5.00. The molecule has 0 saturated heterocycles. The van der Waals surface area contributed by atoms with E-state index in [4.69, 9.17) is 0 Å². The van der Waals surface area contributed by atoms with Crippen molar-refractivity contribution in [3.05, 3.63) is 28.3 Å². The number of para-hydroxylation sites is 1. The Bertz CT molecular complexity index is 438. The molecule has 1 rings (SSSR count). The van der Waals surface area contributed by atoms with Gasteiger partial charge in [-0.2, -0.15) is 11.8 Å². The van der Waals surface area contributed by atoms with Crippen molar-refractivity contribution in [3.63, 3.8) is 0 Å². The Morgan fingerprint density at radius 2 is 2.11 bits per heavy atom. The number of nitrogens with one attached hydrogen (secondary N) is 2. The van der Waals surface area contributed by atoms with Gasteiger partial charge in [-0.1, -0.05) is 6.07 Å². The van der Waals surface area contributed by atoms with Crippen LogP contribution in [0.15, 0.2) is 18.2 Å². The van der Waals surface area contributed by atoms with Crippen molar-refractivity contribution in [2.45, 2.75) is 18.2 Å². The van der Waals surface area contributed by atoms with Crippen molar-refractivity contribution in [2.75, 3.05) is 30.5 Å². The Balaban J connectivity index is 3.03. The fraction of sp³-hybridized carbons (Fsp3) is 0.500. The van der Waals surface area contributed by atoms with E-state index in [1.807, 2.05) is 13.2 Å². The first kappa shape index (κ1) is 15.6. The molecule has 1 aromatic carbocycles. The van der Waals surface area contributed by atoms with Gasteiger partial charge in [0.2, 0.25) is 0 Å². The number of nitro benzene ring substituents is 1. The molecule has 1 aromatic rings. The molecule has 0 spiro atoms. The van der Waals surface area contributed by atoms with E-state index in [1.54, 1.807) is 25.2 Å². The normalized spacial score (nSPS) is 13.7. The van der Waals surface area contributed by atoms with Gasteiger partial charge in [0, 0.05) is 18.3 Å². The van der Waals surface area contributed by atoms with Crippen molar-refractivity contribution in [2.24, 2.45) is 0 Å². The summed E-state index contributed by atoms with van der Waals surface area (Å²) in [4.78, 5) is 10.8. The molecule has 6 nitrogen and oxygen atoms in total. The van der Waals surface area contributed by atoms with Crippen LogP contribution in [-0.4, -0.2) is 41.2 Å². The maximum absolute atomic E-state index is 11.2. The number of benzene rings is 1. The number of aliphatic hydroxyl groups is 1. The summed E-state index contributed by atoms with van der Waals surface area (Å²) >= 11 is 1.52. The molecule has 2 atom stereocenters. The molecule has 0 heterocycles. The standard InChI is InChI=1S/C12H19N3O3S/c1-8(11(7-16)19-3)14-10-6-4-5-9(13-2)12(10)15(17)18/h4-6,8,11,13-14,16H,7H2,1-3H3. The fourth-order valence-electron chi connectivity index (χ4n) is 1.83. The first-order valence-electron chi connectivity index (χ1n) is 5.90. The Hall–Kier alpha value is -1.47. The molecular formula is C12H19N3O3S. The highest BCUT2D eigenvalue weighted by molar-refractivity contribution is 7.99. The molecule has 106 valence electrons. The van der Waals surface area contributed by atoms with Gasteiger partial charge in [-0.3, -0.25) is 10.1 Å². The predicted octanol–water partition coefficient (Wildman–Crippen LogP) is 2.16. The molecule has 0 radical (unpaired) electrons. The van der Waals surface area contributed by atoms with Crippen molar-refractivity contribution in [3.8, 4) is 0 Å². The van der Waals surface area contributed by atoms with E-state index in [0.717, 1.165) is 0 Å². The highest BCUT2D eigenvalue weighted by Gasteiger charge is 2.22. The van der Waals surface area contributed by atoms with Crippen LogP contribution in [0.25, 0.3) is 0 Å². The van der Waals surface area contributed by atoms with Gasteiger partial charge in [0.15, 0.2) is 0 Å². The monoisotopic (exact) mass is 285 g/mol. The van der Waals surface area contributed by atoms with Gasteiger partial charge >= 0.3 is 5.69 Å². The van der Waals surface area contributed by atoms with E-state index in [0.29, 0.717) is 11.4 Å². The molecule has 7 heteroatoms. The average molecular weight is 285 g/mol. The van der Waals surface area contributed by atoms with Crippen LogP contribution in [0.3, 0.4) is 0 Å². The topological polar surface area (TPSA) is 87.4 Å². The van der Waals surface area contributed by atoms with Crippen LogP contribution in [-0.2, 0) is 0 Å². The summed E-state index contributed by atoms with van der Waals surface area (Å²) in [5.74, 6) is 0. The number of rotatable bonds is 7. The van der Waals surface area contributed by atoms with Gasteiger partial charge < -0.3 is 15.7 Å². The molecule has 0 aliphatic rings. The minimum atomic E-state index is -0.409. The van der Waals surface area contributed by atoms with Gasteiger partial charge in [-0.25, -0.2) is 0 Å². The third kappa shape index (κ3) is 3.74. The highest BCUT2D eigenvalue weighted by atomic mass is 32.2. The van der Waals surface area contributed by atoms with Crippen LogP contribution >= 0.6 is 11.8 Å². The maximum Gasteiger partial charge on any atom is 0.315 e. The molecule has 0 aromatic heterocycles. The van der Waals surface area contributed by atoms with Crippen LogP contribution in [0.2, 0.25) is 0 Å². The molecule has 19 heavy (non-hydrogen) atoms. The quantitative estimate of drug-likeness (QED) is 0.525. The van der Waals surface area contributed by atoms with Crippen molar-refractivity contribution < 1.29 is 10.0 Å². The fourth-order valence-corrected chi connectivity index (χ4v) is 2.46. The minimum absolute atomic E-state index is 0.0159. The average Bonchev–Trinajstić information content (AvgIpc) is 2.39. The Kier molecular flexibility index (Phi) is 5.91. The van der Waals surface area contributed by atoms with E-state index in [9.17, 15) is 15.2 Å². The SMILES string of the molecule is CNc1cccc(NC(C)C(CO)SC)c1[N+](=O)[O-]. The zero-order valence-electron chi connectivity index (χ0n) is 11.2. The van der Waals surface area contributed by atoms with Gasteiger partial charge in [0.05, 0.1) is 11.5 Å². The number of hydrogen-bond acceptors (Lipinski definition) is 6. The number of hydrogen-bond donors (Lipinski definition) is 3. The summed E-state index contributed by atoms with van der Waals surface area (Å²) in [5.41, 5.74) is 0.943. The summed E-state index contributed by atoms with van der Waals surface area (Å²) in [6.45, 7) is 1.92. The third-order valence-corrected chi connectivity index (χ3v) is 4.07. The Morgan fingerprint density at radius 1 is 1.47 bits per heavy atom. The van der Waals surface area contributed by atoms with Crippen LogP contribution in [0.1, 0.15) is 6.92 Å². The van der Waals surface area contributed by atoms with Gasteiger partial charge in [-0.05, 0) is 25.3 Å². The molecule has 0 amide bonds. The zero-order chi connectivity index (χ0) is 14.4. The van der Waals surface area contributed by atoms with Crippen LogP contribution in [0, 0.1) is 10.1 Å². The first-order valence-corrected chi connectivity index (χ1v) is 7.19. The first-order chi connectivity index (χ1) is 9.04. The molecular weight excluding hydrogens is 266 g/mol. The Labute approximate surface area is 116 Å². The molecule has 0 aliphatic heterocycles. The molecule has 0 fully saturated rings. The van der Waals surface area contributed by atoms with Crippen molar-refractivity contribution in [1.82, 2.24) is 0 Å². The second-order valence-electron chi connectivity index (χ2n) is 4.10. The van der Waals surface area contributed by atoms with E-state index in [2.05, 4.69) is 10.6 Å². The smallest absolute Gasteiger partial charge is 0.315 e. The lowest BCUT2D eigenvalue weighted by molar-refractivity contribution is -0.383. The summed E-state index contributed by atoms with van der Waals surface area (Å²) in [5, 5.41) is 26.3. The molecule has 2 unspecified atom stereocenters. The van der Waals surface area contributed by atoms with Crippen LogP contribution in [0.5, 0.6) is 0 Å². The van der Waals surface area contributed by atoms with E-state index < -0.39 is 4.92 Å². The lowest BCUT2D eigenvalue weighted by atomic mass is 10.2. The number of thioether (sulfide) groups is 1. The predicted molar refractivity (Wildman–Crippen MR) is 80.1 cm³/mol. The number of nitrogens with zero attached hydrogens (tertiary/aromatic N) is 1. The number of anilines is 2. The van der Waals surface area contributed by atoms with Gasteiger partial charge in [-0.15, -0.1) is 0 Å². The second-order valence-corrected chi connectivity index (χ2v) is 5.18. The van der Waals surface area contributed by atoms with Crippen LogP contribution < -0.4 is 10.6 Å². The van der Waals surface area contributed by atoms with Crippen molar-refractivity contribution in [1.29, 1.82) is 0 Å². The van der Waals surface area contributed by atoms with Crippen LogP contribution in [0.4, 0.5) is 17.1 Å². The molecule has 0 aliphatic carbocycles. The zero-order valence-corrected chi connectivity index (χ0v) is 12.0. The van der Waals surface area contributed by atoms with E-state index in [1.165, 1.54) is 11.8 Å². The summed E-state index contributed by atoms with van der Waals surface area (Å²) < 4.78 is 0. The molecule has 0 bridgehead atoms. The minimum Gasteiger partial charge on any atom is -0.395 e. The van der Waals surface area contributed by atoms with Gasteiger partial charge in [0.1, 0.15) is 11.4 Å². The van der Waals surface area contributed by atoms with Gasteiger partial charge in [0.25, 0.3) is 0 Å². The molecule has 0 saturated carbocycles. The maximum atomic E-state index is 11.2. The lowest BCUT2D eigenvalue weighted by Crippen LogP contribution is -2.31. The summed E-state index contributed by atoms with van der Waals surface area (Å²) in [6.07, 6.45) is 1.90. The number of aliphatic hydroxyl groups excluding tert-OH is 1. The third-order valence-electron chi connectivity index (χ3n) is 2.91. The largest absolute Gasteiger partial charge is 0.395 e. The highest BCUT2D eigenvalue weighted by Crippen LogP contribution is 2.33. The van der Waals surface area contributed by atoms with Crippen molar-refractivity contribution >= 4 is 28.8 Å². The lowest BCUT2D eigenvalue weighted by Gasteiger charge is -2.22.